The van der Waals surface area contributed by atoms with Gasteiger partial charge in [0.15, 0.2) is 0 Å². The van der Waals surface area contributed by atoms with E-state index in [1.165, 1.54) is 4.90 Å². The Morgan fingerprint density at radius 2 is 2.00 bits per heavy atom. The topological polar surface area (TPSA) is 82.5 Å². The molecule has 21 heavy (non-hydrogen) atoms. The van der Waals surface area contributed by atoms with E-state index in [4.69, 9.17) is 0 Å². The van der Waals surface area contributed by atoms with E-state index in [2.05, 4.69) is 10.3 Å². The first-order valence-electron chi connectivity index (χ1n) is 7.11. The lowest BCUT2D eigenvalue weighted by atomic mass is 9.93. The fourth-order valence-corrected chi connectivity index (χ4v) is 2.01. The number of carboxylic acid groups (broad SMARTS) is 1. The lowest BCUT2D eigenvalue weighted by Gasteiger charge is -2.30. The Labute approximate surface area is 125 Å². The van der Waals surface area contributed by atoms with Gasteiger partial charge in [0.25, 0.3) is 0 Å². The van der Waals surface area contributed by atoms with Gasteiger partial charge >= 0.3 is 12.0 Å². The fourth-order valence-electron chi connectivity index (χ4n) is 2.01. The molecule has 0 saturated carbocycles. The van der Waals surface area contributed by atoms with Crippen molar-refractivity contribution >= 4 is 12.0 Å². The minimum Gasteiger partial charge on any atom is -0.480 e. The van der Waals surface area contributed by atoms with Gasteiger partial charge in [-0.15, -0.1) is 0 Å². The summed E-state index contributed by atoms with van der Waals surface area (Å²) >= 11 is 0. The number of aliphatic carboxylic acids is 1. The van der Waals surface area contributed by atoms with Crippen LogP contribution in [0.5, 0.6) is 0 Å². The Morgan fingerprint density at radius 3 is 2.48 bits per heavy atom. The number of urea groups is 1. The van der Waals surface area contributed by atoms with Crippen molar-refractivity contribution in [3.63, 3.8) is 0 Å². The predicted molar refractivity (Wildman–Crippen MR) is 80.1 cm³/mol. The third kappa shape index (κ3) is 4.44. The standard InChI is InChI=1S/C15H23N3O3/c1-4-15(5-2,13(19)20)17-14(21)18(3)11-9-12-8-6-7-10-16-12/h6-8,10H,4-5,9,11H2,1-3H3,(H,17,21)(H,19,20). The van der Waals surface area contributed by atoms with Gasteiger partial charge in [0.05, 0.1) is 0 Å². The molecular formula is C15H23N3O3. The molecule has 0 spiro atoms. The maximum absolute atomic E-state index is 12.1. The molecule has 0 atom stereocenters. The highest BCUT2D eigenvalue weighted by Crippen LogP contribution is 2.15. The van der Waals surface area contributed by atoms with Crippen LogP contribution in [-0.4, -0.2) is 46.1 Å². The Bertz CT molecular complexity index is 472. The van der Waals surface area contributed by atoms with Gasteiger partial charge in [-0.05, 0) is 25.0 Å². The second kappa shape index (κ2) is 7.61. The molecule has 6 heteroatoms. The van der Waals surface area contributed by atoms with Gasteiger partial charge < -0.3 is 15.3 Å². The van der Waals surface area contributed by atoms with Gasteiger partial charge in [0.2, 0.25) is 0 Å². The summed E-state index contributed by atoms with van der Waals surface area (Å²) in [5, 5.41) is 12.0. The minimum atomic E-state index is -1.20. The van der Waals surface area contributed by atoms with Gasteiger partial charge in [-0.2, -0.15) is 0 Å². The predicted octanol–water partition coefficient (Wildman–Crippen LogP) is 1.91. The third-order valence-corrected chi connectivity index (χ3v) is 3.74. The zero-order valence-electron chi connectivity index (χ0n) is 12.8. The van der Waals surface area contributed by atoms with E-state index in [1.54, 1.807) is 27.1 Å². The number of carbonyl (C=O) groups is 2. The number of hydrogen-bond acceptors (Lipinski definition) is 3. The average molecular weight is 293 g/mol. The summed E-state index contributed by atoms with van der Waals surface area (Å²) in [6.45, 7) is 3.99. The second-order valence-electron chi connectivity index (χ2n) is 5.02. The van der Waals surface area contributed by atoms with Crippen LogP contribution in [0, 0.1) is 0 Å². The SMILES string of the molecule is CCC(CC)(NC(=O)N(C)CCc1ccccn1)C(=O)O. The Hall–Kier alpha value is -2.11. The van der Waals surface area contributed by atoms with Crippen LogP contribution in [0.2, 0.25) is 0 Å². The Balaban J connectivity index is 2.59. The normalized spacial score (nSPS) is 11.0. The first kappa shape index (κ1) is 16.9. The van der Waals surface area contributed by atoms with E-state index in [0.29, 0.717) is 25.8 Å². The van der Waals surface area contributed by atoms with Gasteiger partial charge in [0, 0.05) is 31.9 Å². The number of aromatic nitrogens is 1. The van der Waals surface area contributed by atoms with Crippen LogP contribution in [0.4, 0.5) is 4.79 Å². The number of carboxylic acids is 1. The summed E-state index contributed by atoms with van der Waals surface area (Å²) in [5.41, 5.74) is -0.302. The van der Waals surface area contributed by atoms with Crippen LogP contribution in [0.25, 0.3) is 0 Å². The molecule has 116 valence electrons. The molecule has 0 aliphatic heterocycles. The first-order chi connectivity index (χ1) is 9.95. The zero-order chi connectivity index (χ0) is 15.9. The molecular weight excluding hydrogens is 270 g/mol. The van der Waals surface area contributed by atoms with Crippen LogP contribution in [0.15, 0.2) is 24.4 Å². The molecule has 1 aromatic heterocycles. The van der Waals surface area contributed by atoms with E-state index in [9.17, 15) is 14.7 Å². The van der Waals surface area contributed by atoms with Crippen molar-refractivity contribution in [3.05, 3.63) is 30.1 Å². The number of likely N-dealkylation sites (N-methyl/N-ethyl adjacent to an activating group) is 1. The summed E-state index contributed by atoms with van der Waals surface area (Å²) in [4.78, 5) is 29.2. The highest BCUT2D eigenvalue weighted by atomic mass is 16.4. The molecule has 1 heterocycles. The van der Waals surface area contributed by atoms with Crippen molar-refractivity contribution in [3.8, 4) is 0 Å². The Kier molecular flexibility index (Phi) is 6.14. The van der Waals surface area contributed by atoms with Crippen LogP contribution in [0.3, 0.4) is 0 Å². The summed E-state index contributed by atoms with van der Waals surface area (Å²) in [6.07, 6.45) is 3.03. The molecule has 1 aromatic rings. The molecule has 1 rings (SSSR count). The summed E-state index contributed by atoms with van der Waals surface area (Å²) < 4.78 is 0. The third-order valence-electron chi connectivity index (χ3n) is 3.74. The van der Waals surface area contributed by atoms with Crippen molar-refractivity contribution in [2.75, 3.05) is 13.6 Å². The molecule has 2 N–H and O–H groups in total. The van der Waals surface area contributed by atoms with Gasteiger partial charge in [0.1, 0.15) is 5.54 Å². The van der Waals surface area contributed by atoms with E-state index in [0.717, 1.165) is 5.69 Å². The summed E-state index contributed by atoms with van der Waals surface area (Å²) in [6, 6.07) is 5.25. The largest absolute Gasteiger partial charge is 0.480 e. The maximum Gasteiger partial charge on any atom is 0.329 e. The van der Waals surface area contributed by atoms with Crippen LogP contribution >= 0.6 is 0 Å². The Morgan fingerprint density at radius 1 is 1.33 bits per heavy atom. The molecule has 0 bridgehead atoms. The molecule has 0 radical (unpaired) electrons. The number of rotatable bonds is 7. The summed E-state index contributed by atoms with van der Waals surface area (Å²) in [7, 11) is 1.65. The van der Waals surface area contributed by atoms with Crippen LogP contribution < -0.4 is 5.32 Å². The van der Waals surface area contributed by atoms with E-state index in [-0.39, 0.29) is 6.03 Å². The van der Waals surface area contributed by atoms with E-state index in [1.807, 2.05) is 18.2 Å². The summed E-state index contributed by atoms with van der Waals surface area (Å²) in [5.74, 6) is -1.00. The lowest BCUT2D eigenvalue weighted by Crippen LogP contribution is -2.56. The van der Waals surface area contributed by atoms with Gasteiger partial charge in [-0.1, -0.05) is 19.9 Å². The van der Waals surface area contributed by atoms with Gasteiger partial charge in [-0.3, -0.25) is 4.98 Å². The number of hydrogen-bond donors (Lipinski definition) is 2. The molecule has 0 aliphatic carbocycles. The van der Waals surface area contributed by atoms with Crippen molar-refractivity contribution in [2.45, 2.75) is 38.6 Å². The second-order valence-corrected chi connectivity index (χ2v) is 5.02. The minimum absolute atomic E-state index is 0.346. The highest BCUT2D eigenvalue weighted by Gasteiger charge is 2.37. The molecule has 0 aromatic carbocycles. The van der Waals surface area contributed by atoms with Gasteiger partial charge in [-0.25, -0.2) is 9.59 Å². The monoisotopic (exact) mass is 293 g/mol. The first-order valence-corrected chi connectivity index (χ1v) is 7.11. The maximum atomic E-state index is 12.1. The average Bonchev–Trinajstić information content (AvgIpc) is 2.50. The number of carbonyl (C=O) groups excluding carboxylic acids is 1. The highest BCUT2D eigenvalue weighted by molar-refractivity contribution is 5.86. The fraction of sp³-hybridized carbons (Fsp3) is 0.533. The molecule has 0 saturated heterocycles. The number of nitrogens with zero attached hydrogens (tertiary/aromatic N) is 2. The molecule has 6 nitrogen and oxygen atoms in total. The van der Waals surface area contributed by atoms with Crippen molar-refractivity contribution < 1.29 is 14.7 Å². The van der Waals surface area contributed by atoms with Crippen molar-refractivity contribution in [1.82, 2.24) is 15.2 Å². The molecule has 0 aliphatic rings. The van der Waals surface area contributed by atoms with Crippen molar-refractivity contribution in [2.24, 2.45) is 0 Å². The molecule has 0 fully saturated rings. The number of nitrogens with one attached hydrogen (secondary N) is 1. The lowest BCUT2D eigenvalue weighted by molar-refractivity contribution is -0.144. The van der Waals surface area contributed by atoms with Crippen LogP contribution in [0.1, 0.15) is 32.4 Å². The van der Waals surface area contributed by atoms with E-state index < -0.39 is 11.5 Å². The van der Waals surface area contributed by atoms with Crippen molar-refractivity contribution in [1.29, 1.82) is 0 Å². The zero-order valence-corrected chi connectivity index (χ0v) is 12.8. The number of pyridine rings is 1. The molecule has 2 amide bonds. The van der Waals surface area contributed by atoms with Crippen LogP contribution in [-0.2, 0) is 11.2 Å². The van der Waals surface area contributed by atoms with E-state index >= 15 is 0 Å². The number of amides is 2. The quantitative estimate of drug-likeness (QED) is 0.804. The smallest absolute Gasteiger partial charge is 0.329 e. The molecule has 0 unspecified atom stereocenters.